The number of hydrogen-bond acceptors (Lipinski definition) is 5. The average molecular weight is 389 g/mol. The third-order valence-electron chi connectivity index (χ3n) is 6.41. The fourth-order valence-electron chi connectivity index (χ4n) is 4.54. The molecule has 2 aliphatic rings. The summed E-state index contributed by atoms with van der Waals surface area (Å²) in [6.45, 7) is 3.99. The molecule has 2 amide bonds. The van der Waals surface area contributed by atoms with E-state index in [-0.39, 0.29) is 30.9 Å². The lowest BCUT2D eigenvalue weighted by atomic mass is 9.73. The predicted molar refractivity (Wildman–Crippen MR) is 104 cm³/mol. The first kappa shape index (κ1) is 20.7. The summed E-state index contributed by atoms with van der Waals surface area (Å²) in [5.41, 5.74) is 0.140. The van der Waals surface area contributed by atoms with Crippen LogP contribution in [0.4, 0.5) is 0 Å². The van der Waals surface area contributed by atoms with Crippen LogP contribution in [0.15, 0.2) is 24.5 Å². The lowest BCUT2D eigenvalue weighted by Gasteiger charge is -2.46. The second kappa shape index (κ2) is 9.01. The number of likely N-dealkylation sites (tertiary alicyclic amines) is 2. The van der Waals surface area contributed by atoms with Crippen molar-refractivity contribution >= 4 is 11.8 Å². The SMILES string of the molecule is CCC[C@]1(CO)CCN(C(=O)C2CCN(C(=O)c3ccncc3)CC2)C[C@H]1O. The van der Waals surface area contributed by atoms with Crippen LogP contribution in [-0.4, -0.2) is 75.7 Å². The number of nitrogens with zero attached hydrogens (tertiary/aromatic N) is 3. The normalized spacial score (nSPS) is 26.3. The highest BCUT2D eigenvalue weighted by Crippen LogP contribution is 2.37. The molecule has 1 aromatic rings. The minimum absolute atomic E-state index is 0.0195. The molecular formula is C21H31N3O4. The summed E-state index contributed by atoms with van der Waals surface area (Å²) >= 11 is 0. The van der Waals surface area contributed by atoms with Crippen molar-refractivity contribution in [3.05, 3.63) is 30.1 Å². The van der Waals surface area contributed by atoms with Crippen LogP contribution in [0.3, 0.4) is 0 Å². The second-order valence-electron chi connectivity index (χ2n) is 8.12. The van der Waals surface area contributed by atoms with Crippen LogP contribution in [0.5, 0.6) is 0 Å². The molecular weight excluding hydrogens is 358 g/mol. The van der Waals surface area contributed by atoms with Crippen molar-refractivity contribution in [3.8, 4) is 0 Å². The van der Waals surface area contributed by atoms with Gasteiger partial charge < -0.3 is 20.0 Å². The largest absolute Gasteiger partial charge is 0.396 e. The highest BCUT2D eigenvalue weighted by atomic mass is 16.3. The predicted octanol–water partition coefficient (Wildman–Crippen LogP) is 1.31. The standard InChI is InChI=1S/C21H31N3O4/c1-2-7-21(15-25)8-13-24(14-18(21)26)20(28)17-5-11-23(12-6-17)19(27)16-3-9-22-10-4-16/h3-4,9-10,17-18,25-26H,2,5-8,11-15H2,1H3/t18-,21-/m1/s1. The molecule has 154 valence electrons. The van der Waals surface area contributed by atoms with Gasteiger partial charge in [0.15, 0.2) is 0 Å². The summed E-state index contributed by atoms with van der Waals surface area (Å²) in [6.07, 6.45) is 6.10. The number of carbonyl (C=O) groups excluding carboxylic acids is 2. The summed E-state index contributed by atoms with van der Waals surface area (Å²) in [6, 6.07) is 3.41. The van der Waals surface area contributed by atoms with Gasteiger partial charge in [-0.2, -0.15) is 0 Å². The summed E-state index contributed by atoms with van der Waals surface area (Å²) in [4.78, 5) is 33.0. The molecule has 2 atom stereocenters. The van der Waals surface area contributed by atoms with Crippen LogP contribution in [0, 0.1) is 11.3 Å². The number of carbonyl (C=O) groups is 2. The number of pyridine rings is 1. The van der Waals surface area contributed by atoms with E-state index < -0.39 is 11.5 Å². The van der Waals surface area contributed by atoms with Gasteiger partial charge in [-0.3, -0.25) is 14.6 Å². The zero-order chi connectivity index (χ0) is 20.1. The summed E-state index contributed by atoms with van der Waals surface area (Å²) in [7, 11) is 0. The van der Waals surface area contributed by atoms with E-state index in [0.29, 0.717) is 44.5 Å². The van der Waals surface area contributed by atoms with Gasteiger partial charge in [-0.1, -0.05) is 13.3 Å². The van der Waals surface area contributed by atoms with E-state index in [4.69, 9.17) is 0 Å². The number of hydrogen-bond donors (Lipinski definition) is 2. The Morgan fingerprint density at radius 3 is 2.43 bits per heavy atom. The molecule has 0 spiro atoms. The average Bonchev–Trinajstić information content (AvgIpc) is 2.75. The van der Waals surface area contributed by atoms with E-state index in [1.807, 2.05) is 6.92 Å². The first-order valence-corrected chi connectivity index (χ1v) is 10.3. The zero-order valence-electron chi connectivity index (χ0n) is 16.6. The highest BCUT2D eigenvalue weighted by molar-refractivity contribution is 5.94. The topological polar surface area (TPSA) is 94.0 Å². The smallest absolute Gasteiger partial charge is 0.253 e. The van der Waals surface area contributed by atoms with Crippen molar-refractivity contribution in [2.45, 2.75) is 45.1 Å². The highest BCUT2D eigenvalue weighted by Gasteiger charge is 2.43. The summed E-state index contributed by atoms with van der Waals surface area (Å²) < 4.78 is 0. The van der Waals surface area contributed by atoms with Gasteiger partial charge >= 0.3 is 0 Å². The molecule has 0 bridgehead atoms. The van der Waals surface area contributed by atoms with Crippen molar-refractivity contribution in [1.82, 2.24) is 14.8 Å². The van der Waals surface area contributed by atoms with Crippen LogP contribution in [-0.2, 0) is 4.79 Å². The van der Waals surface area contributed by atoms with Gasteiger partial charge in [-0.15, -0.1) is 0 Å². The number of β-amino-alcohol motifs (C(OH)–C–C–N with tert-alkyl or cyclic N) is 1. The Bertz CT molecular complexity index is 675. The molecule has 2 fully saturated rings. The third kappa shape index (κ3) is 4.20. The van der Waals surface area contributed by atoms with E-state index in [2.05, 4.69) is 4.98 Å². The molecule has 0 aromatic carbocycles. The summed E-state index contributed by atoms with van der Waals surface area (Å²) in [5, 5.41) is 20.4. The van der Waals surface area contributed by atoms with Crippen molar-refractivity contribution in [3.63, 3.8) is 0 Å². The molecule has 3 heterocycles. The Balaban J connectivity index is 1.54. The van der Waals surface area contributed by atoms with E-state index >= 15 is 0 Å². The van der Waals surface area contributed by atoms with Crippen molar-refractivity contribution < 1.29 is 19.8 Å². The molecule has 0 unspecified atom stereocenters. The van der Waals surface area contributed by atoms with Gasteiger partial charge in [0, 0.05) is 55.5 Å². The molecule has 3 rings (SSSR count). The first-order valence-electron chi connectivity index (χ1n) is 10.3. The van der Waals surface area contributed by atoms with E-state index in [0.717, 1.165) is 12.8 Å². The number of aliphatic hydroxyl groups excluding tert-OH is 2. The molecule has 7 nitrogen and oxygen atoms in total. The number of amides is 2. The van der Waals surface area contributed by atoms with E-state index in [1.165, 1.54) is 0 Å². The molecule has 28 heavy (non-hydrogen) atoms. The monoisotopic (exact) mass is 389 g/mol. The molecule has 7 heteroatoms. The number of aliphatic hydroxyl groups is 2. The fourth-order valence-corrected chi connectivity index (χ4v) is 4.54. The Labute approximate surface area is 166 Å². The van der Waals surface area contributed by atoms with E-state index in [9.17, 15) is 19.8 Å². The lowest BCUT2D eigenvalue weighted by Crippen LogP contribution is -2.56. The number of piperidine rings is 2. The van der Waals surface area contributed by atoms with Crippen LogP contribution >= 0.6 is 0 Å². The molecule has 2 saturated heterocycles. The number of aromatic nitrogens is 1. The van der Waals surface area contributed by atoms with Gasteiger partial charge in [0.2, 0.25) is 5.91 Å². The minimum atomic E-state index is -0.691. The molecule has 0 aliphatic carbocycles. The first-order chi connectivity index (χ1) is 13.5. The van der Waals surface area contributed by atoms with Gasteiger partial charge in [-0.25, -0.2) is 0 Å². The number of rotatable bonds is 5. The molecule has 0 radical (unpaired) electrons. The van der Waals surface area contributed by atoms with Crippen LogP contribution in [0.2, 0.25) is 0 Å². The van der Waals surface area contributed by atoms with Crippen molar-refractivity contribution in [2.24, 2.45) is 11.3 Å². The minimum Gasteiger partial charge on any atom is -0.396 e. The van der Waals surface area contributed by atoms with Gasteiger partial charge in [0.25, 0.3) is 5.91 Å². The molecule has 2 N–H and O–H groups in total. The maximum absolute atomic E-state index is 12.9. The molecule has 1 aromatic heterocycles. The van der Waals surface area contributed by atoms with Crippen LogP contribution in [0.1, 0.15) is 49.4 Å². The van der Waals surface area contributed by atoms with Crippen molar-refractivity contribution in [2.75, 3.05) is 32.8 Å². The Morgan fingerprint density at radius 1 is 1.18 bits per heavy atom. The van der Waals surface area contributed by atoms with E-state index in [1.54, 1.807) is 34.3 Å². The van der Waals surface area contributed by atoms with Gasteiger partial charge in [0.1, 0.15) is 0 Å². The Morgan fingerprint density at radius 2 is 1.86 bits per heavy atom. The van der Waals surface area contributed by atoms with Gasteiger partial charge in [-0.05, 0) is 37.8 Å². The Kier molecular flexibility index (Phi) is 6.67. The second-order valence-corrected chi connectivity index (χ2v) is 8.12. The molecule has 0 saturated carbocycles. The fraction of sp³-hybridized carbons (Fsp3) is 0.667. The van der Waals surface area contributed by atoms with Crippen LogP contribution in [0.25, 0.3) is 0 Å². The van der Waals surface area contributed by atoms with Crippen molar-refractivity contribution in [1.29, 1.82) is 0 Å². The Hall–Kier alpha value is -1.99. The van der Waals surface area contributed by atoms with Gasteiger partial charge in [0.05, 0.1) is 12.7 Å². The lowest BCUT2D eigenvalue weighted by molar-refractivity contribution is -0.147. The zero-order valence-corrected chi connectivity index (χ0v) is 16.6. The maximum atomic E-state index is 12.9. The quantitative estimate of drug-likeness (QED) is 0.792. The van der Waals surface area contributed by atoms with Crippen LogP contribution < -0.4 is 0 Å². The molecule has 2 aliphatic heterocycles. The summed E-state index contributed by atoms with van der Waals surface area (Å²) in [5.74, 6) is -0.0615. The maximum Gasteiger partial charge on any atom is 0.253 e. The third-order valence-corrected chi connectivity index (χ3v) is 6.41.